The molecule has 1 amide bonds. The number of halogens is 2. The molecule has 0 aliphatic carbocycles. The predicted molar refractivity (Wildman–Crippen MR) is 113 cm³/mol. The maximum atomic E-state index is 14.8. The maximum absolute atomic E-state index is 14.8. The highest BCUT2D eigenvalue weighted by Crippen LogP contribution is 2.46. The van der Waals surface area contributed by atoms with E-state index in [1.807, 2.05) is 0 Å². The molecule has 0 fully saturated rings. The SMILES string of the molecule is COc1ccc(C2=C(O)C(=O)N(c3ccc(Br)cc3)[C@H]2c2ccccc2F)cc1. The second kappa shape index (κ2) is 7.72. The van der Waals surface area contributed by atoms with Crippen LogP contribution in [-0.4, -0.2) is 18.1 Å². The first-order valence-corrected chi connectivity index (χ1v) is 9.71. The lowest BCUT2D eigenvalue weighted by Crippen LogP contribution is -2.30. The van der Waals surface area contributed by atoms with Crippen LogP contribution in [0.2, 0.25) is 0 Å². The number of hydrogen-bond acceptors (Lipinski definition) is 3. The van der Waals surface area contributed by atoms with Crippen molar-refractivity contribution in [1.82, 2.24) is 0 Å². The van der Waals surface area contributed by atoms with Crippen LogP contribution in [0.5, 0.6) is 5.75 Å². The molecule has 1 heterocycles. The van der Waals surface area contributed by atoms with Gasteiger partial charge in [-0.05, 0) is 48.0 Å². The summed E-state index contributed by atoms with van der Waals surface area (Å²) < 4.78 is 20.8. The van der Waals surface area contributed by atoms with Gasteiger partial charge in [-0.1, -0.05) is 46.3 Å². The molecule has 0 saturated carbocycles. The Morgan fingerprint density at radius 3 is 2.28 bits per heavy atom. The van der Waals surface area contributed by atoms with Gasteiger partial charge in [0.2, 0.25) is 0 Å². The fourth-order valence-corrected chi connectivity index (χ4v) is 3.79. The highest BCUT2D eigenvalue weighted by atomic mass is 79.9. The zero-order valence-corrected chi connectivity index (χ0v) is 17.1. The van der Waals surface area contributed by atoms with Gasteiger partial charge in [-0.2, -0.15) is 0 Å². The van der Waals surface area contributed by atoms with Gasteiger partial charge >= 0.3 is 0 Å². The standard InChI is InChI=1S/C23H17BrFNO3/c1-29-17-12-6-14(7-13-17)20-21(18-4-2-3-5-19(18)25)26(23(28)22(20)27)16-10-8-15(24)9-11-16/h2-13,21,27H,1H3/t21-/m0/s1. The smallest absolute Gasteiger partial charge is 0.294 e. The number of amides is 1. The van der Waals surface area contributed by atoms with Crippen molar-refractivity contribution >= 4 is 33.1 Å². The summed E-state index contributed by atoms with van der Waals surface area (Å²) in [7, 11) is 1.56. The fourth-order valence-electron chi connectivity index (χ4n) is 3.53. The van der Waals surface area contributed by atoms with Gasteiger partial charge in [-0.15, -0.1) is 0 Å². The zero-order valence-electron chi connectivity index (χ0n) is 15.5. The van der Waals surface area contributed by atoms with Crippen LogP contribution < -0.4 is 9.64 Å². The lowest BCUT2D eigenvalue weighted by molar-refractivity contribution is -0.117. The Kier molecular flexibility index (Phi) is 5.11. The van der Waals surface area contributed by atoms with Crippen molar-refractivity contribution in [2.45, 2.75) is 6.04 Å². The summed E-state index contributed by atoms with van der Waals surface area (Å²) in [6.07, 6.45) is 0. The highest BCUT2D eigenvalue weighted by Gasteiger charge is 2.43. The van der Waals surface area contributed by atoms with Crippen LogP contribution in [-0.2, 0) is 4.79 Å². The van der Waals surface area contributed by atoms with Crippen LogP contribution >= 0.6 is 15.9 Å². The van der Waals surface area contributed by atoms with Crippen LogP contribution in [0.25, 0.3) is 5.57 Å². The van der Waals surface area contributed by atoms with E-state index >= 15 is 0 Å². The van der Waals surface area contributed by atoms with E-state index in [0.717, 1.165) is 4.47 Å². The molecule has 146 valence electrons. The molecule has 0 radical (unpaired) electrons. The Balaban J connectivity index is 1.91. The van der Waals surface area contributed by atoms with E-state index in [1.54, 1.807) is 73.8 Å². The minimum absolute atomic E-state index is 0.304. The number of hydrogen-bond donors (Lipinski definition) is 1. The Hall–Kier alpha value is -3.12. The van der Waals surface area contributed by atoms with Gasteiger partial charge in [-0.3, -0.25) is 9.69 Å². The second-order valence-electron chi connectivity index (χ2n) is 6.57. The second-order valence-corrected chi connectivity index (χ2v) is 7.48. The van der Waals surface area contributed by atoms with Crippen molar-refractivity contribution in [2.75, 3.05) is 12.0 Å². The van der Waals surface area contributed by atoms with Crippen LogP contribution in [0, 0.1) is 5.82 Å². The molecular weight excluding hydrogens is 437 g/mol. The van der Waals surface area contributed by atoms with Crippen molar-refractivity contribution in [3.63, 3.8) is 0 Å². The number of nitrogens with zero attached hydrogens (tertiary/aromatic N) is 1. The Labute approximate surface area is 176 Å². The van der Waals surface area contributed by atoms with Crippen LogP contribution in [0.3, 0.4) is 0 Å². The molecule has 1 atom stereocenters. The molecule has 1 aliphatic rings. The molecule has 4 rings (SSSR count). The summed E-state index contributed by atoms with van der Waals surface area (Å²) in [6, 6.07) is 19.5. The van der Waals surface area contributed by atoms with Gasteiger partial charge in [0.05, 0.1) is 13.2 Å². The number of anilines is 1. The first-order valence-electron chi connectivity index (χ1n) is 8.92. The van der Waals surface area contributed by atoms with E-state index in [1.165, 1.54) is 11.0 Å². The molecule has 1 aliphatic heterocycles. The zero-order chi connectivity index (χ0) is 20.5. The van der Waals surface area contributed by atoms with E-state index in [4.69, 9.17) is 4.74 Å². The van der Waals surface area contributed by atoms with Gasteiger partial charge in [0.15, 0.2) is 5.76 Å². The molecule has 0 spiro atoms. The van der Waals surface area contributed by atoms with Crippen LogP contribution in [0.15, 0.2) is 83.0 Å². The molecule has 6 heteroatoms. The number of aliphatic hydroxyl groups is 1. The lowest BCUT2D eigenvalue weighted by Gasteiger charge is -2.27. The summed E-state index contributed by atoms with van der Waals surface area (Å²) in [5.74, 6) is -0.781. The van der Waals surface area contributed by atoms with Gasteiger partial charge in [0.25, 0.3) is 5.91 Å². The molecule has 4 nitrogen and oxygen atoms in total. The van der Waals surface area contributed by atoms with Gasteiger partial charge in [0.1, 0.15) is 11.6 Å². The summed E-state index contributed by atoms with van der Waals surface area (Å²) >= 11 is 3.38. The maximum Gasteiger partial charge on any atom is 0.294 e. The molecular formula is C23H17BrFNO3. The summed E-state index contributed by atoms with van der Waals surface area (Å²) in [6.45, 7) is 0. The topological polar surface area (TPSA) is 49.8 Å². The Bertz CT molecular complexity index is 1090. The first kappa shape index (κ1) is 19.2. The Morgan fingerprint density at radius 1 is 1.00 bits per heavy atom. The number of aliphatic hydroxyl groups excluding tert-OH is 1. The lowest BCUT2D eigenvalue weighted by atomic mass is 9.93. The minimum Gasteiger partial charge on any atom is -0.503 e. The number of rotatable bonds is 4. The number of ether oxygens (including phenoxy) is 1. The number of carbonyl (C=O) groups is 1. The van der Waals surface area contributed by atoms with Crippen molar-refractivity contribution in [1.29, 1.82) is 0 Å². The fraction of sp³-hybridized carbons (Fsp3) is 0.0870. The average molecular weight is 454 g/mol. The molecule has 0 bridgehead atoms. The van der Waals surface area contributed by atoms with E-state index in [2.05, 4.69) is 15.9 Å². The third-order valence-electron chi connectivity index (χ3n) is 4.91. The minimum atomic E-state index is -0.807. The molecule has 0 aromatic heterocycles. The molecule has 0 saturated heterocycles. The van der Waals surface area contributed by atoms with Gasteiger partial charge < -0.3 is 9.84 Å². The van der Waals surface area contributed by atoms with E-state index < -0.39 is 23.5 Å². The van der Waals surface area contributed by atoms with Crippen molar-refractivity contribution < 1.29 is 19.0 Å². The highest BCUT2D eigenvalue weighted by molar-refractivity contribution is 9.10. The van der Waals surface area contributed by atoms with E-state index in [0.29, 0.717) is 28.1 Å². The summed E-state index contributed by atoms with van der Waals surface area (Å²) in [4.78, 5) is 14.5. The van der Waals surface area contributed by atoms with Crippen molar-refractivity contribution in [3.8, 4) is 5.75 Å². The third-order valence-corrected chi connectivity index (χ3v) is 5.44. The number of carbonyl (C=O) groups excluding carboxylic acids is 1. The number of methoxy groups -OCH3 is 1. The molecule has 29 heavy (non-hydrogen) atoms. The summed E-state index contributed by atoms with van der Waals surface area (Å²) in [5.41, 5.74) is 1.83. The van der Waals surface area contributed by atoms with Gasteiger partial charge in [-0.25, -0.2) is 4.39 Å². The first-order chi connectivity index (χ1) is 14.0. The summed E-state index contributed by atoms with van der Waals surface area (Å²) in [5, 5.41) is 10.8. The molecule has 3 aromatic rings. The predicted octanol–water partition coefficient (Wildman–Crippen LogP) is 5.65. The normalized spacial score (nSPS) is 16.4. The van der Waals surface area contributed by atoms with E-state index in [9.17, 15) is 14.3 Å². The van der Waals surface area contributed by atoms with Crippen molar-refractivity contribution in [2.24, 2.45) is 0 Å². The van der Waals surface area contributed by atoms with E-state index in [-0.39, 0.29) is 0 Å². The average Bonchev–Trinajstić information content (AvgIpc) is 3.00. The third kappa shape index (κ3) is 3.40. The van der Waals surface area contributed by atoms with Gasteiger partial charge in [0, 0.05) is 21.3 Å². The van der Waals surface area contributed by atoms with Crippen LogP contribution in [0.1, 0.15) is 17.2 Å². The largest absolute Gasteiger partial charge is 0.503 e. The van der Waals surface area contributed by atoms with Crippen LogP contribution in [0.4, 0.5) is 10.1 Å². The quantitative estimate of drug-likeness (QED) is 0.554. The van der Waals surface area contributed by atoms with Crippen molar-refractivity contribution in [3.05, 3.63) is 100.0 Å². The molecule has 1 N–H and O–H groups in total. The molecule has 3 aromatic carbocycles. The molecule has 0 unspecified atom stereocenters. The Morgan fingerprint density at radius 2 is 1.66 bits per heavy atom. The number of benzene rings is 3. The monoisotopic (exact) mass is 453 g/mol.